The second kappa shape index (κ2) is 5.25. The van der Waals surface area contributed by atoms with E-state index in [1.54, 1.807) is 0 Å². The first-order valence-electron chi connectivity index (χ1n) is 6.89. The summed E-state index contributed by atoms with van der Waals surface area (Å²) < 4.78 is 3.76. The van der Waals surface area contributed by atoms with Gasteiger partial charge in [0, 0.05) is 26.4 Å². The number of benzene rings is 2. The van der Waals surface area contributed by atoms with Crippen molar-refractivity contribution < 1.29 is 4.57 Å². The van der Waals surface area contributed by atoms with Gasteiger partial charge in [-0.05, 0) is 24.4 Å². The van der Waals surface area contributed by atoms with Gasteiger partial charge in [0.05, 0.1) is 5.39 Å². The molecule has 0 N–H and O–H groups in total. The molecule has 102 valence electrons. The summed E-state index contributed by atoms with van der Waals surface area (Å²) in [5.74, 6) is 0. The molecule has 1 aromatic heterocycles. The third-order valence-electron chi connectivity index (χ3n) is 3.45. The molecule has 0 aliphatic heterocycles. The van der Waals surface area contributed by atoms with Gasteiger partial charge in [-0.3, -0.25) is 0 Å². The van der Waals surface area contributed by atoms with Crippen molar-refractivity contribution in [3.8, 4) is 0 Å². The van der Waals surface area contributed by atoms with Gasteiger partial charge in [-0.2, -0.15) is 4.57 Å². The van der Waals surface area contributed by atoms with Crippen LogP contribution in [0, 0.1) is 0 Å². The fraction of sp³-hybridized carbons (Fsp3) is 0.235. The topological polar surface area (TPSA) is 7.12 Å². The molecule has 0 bridgehead atoms. The van der Waals surface area contributed by atoms with Gasteiger partial charge in [0.25, 0.3) is 5.01 Å². The quantitative estimate of drug-likeness (QED) is 0.661. The second-order valence-corrected chi connectivity index (χ2v) is 6.16. The Kier molecular flexibility index (Phi) is 3.45. The van der Waals surface area contributed by atoms with Crippen molar-refractivity contribution in [3.63, 3.8) is 0 Å². The Bertz CT molecular complexity index is 784. The number of hydrogen-bond donors (Lipinski definition) is 0. The molecule has 20 heavy (non-hydrogen) atoms. The van der Waals surface area contributed by atoms with E-state index in [1.807, 2.05) is 11.3 Å². The van der Waals surface area contributed by atoms with E-state index in [-0.39, 0.29) is 0 Å². The van der Waals surface area contributed by atoms with Crippen molar-refractivity contribution in [2.24, 2.45) is 0 Å². The molecule has 0 atom stereocenters. The summed E-state index contributed by atoms with van der Waals surface area (Å²) in [7, 11) is 4.10. The van der Waals surface area contributed by atoms with E-state index < -0.39 is 0 Å². The molecule has 0 fully saturated rings. The first-order valence-corrected chi connectivity index (χ1v) is 7.71. The Balaban J connectivity index is 2.31. The van der Waals surface area contributed by atoms with Gasteiger partial charge in [-0.25, -0.2) is 0 Å². The Morgan fingerprint density at radius 1 is 1.15 bits per heavy atom. The van der Waals surface area contributed by atoms with Gasteiger partial charge in [0.2, 0.25) is 5.52 Å². The van der Waals surface area contributed by atoms with Crippen LogP contribution in [0.3, 0.4) is 0 Å². The molecular formula is C17H19N2S+. The number of nitrogens with zero attached hydrogens (tertiary/aromatic N) is 2. The average Bonchev–Trinajstić information content (AvgIpc) is 2.83. The highest BCUT2D eigenvalue weighted by molar-refractivity contribution is 7.19. The standard InChI is InChI=1S/C17H19N2S/c1-4-19-16(11-12-18(2)3)20-15-10-9-13-7-5-6-8-14(13)17(15)19/h5-12H,4H2,1-3H3/q+1. The predicted octanol–water partition coefficient (Wildman–Crippen LogP) is 3.89. The van der Waals surface area contributed by atoms with E-state index in [4.69, 9.17) is 0 Å². The van der Waals surface area contributed by atoms with Crippen LogP contribution in [0.25, 0.3) is 27.1 Å². The minimum Gasteiger partial charge on any atom is -0.383 e. The zero-order chi connectivity index (χ0) is 14.1. The Morgan fingerprint density at radius 3 is 2.70 bits per heavy atom. The van der Waals surface area contributed by atoms with E-state index >= 15 is 0 Å². The normalized spacial score (nSPS) is 11.8. The van der Waals surface area contributed by atoms with Gasteiger partial charge < -0.3 is 4.90 Å². The predicted molar refractivity (Wildman–Crippen MR) is 87.9 cm³/mol. The number of rotatable bonds is 3. The monoisotopic (exact) mass is 283 g/mol. The maximum atomic E-state index is 2.41. The second-order valence-electron chi connectivity index (χ2n) is 5.10. The van der Waals surface area contributed by atoms with E-state index in [0.29, 0.717) is 0 Å². The lowest BCUT2D eigenvalue weighted by atomic mass is 10.1. The van der Waals surface area contributed by atoms with Crippen LogP contribution < -0.4 is 4.57 Å². The zero-order valence-corrected chi connectivity index (χ0v) is 12.9. The molecule has 2 aromatic carbocycles. The Morgan fingerprint density at radius 2 is 1.95 bits per heavy atom. The third-order valence-corrected chi connectivity index (χ3v) is 4.56. The number of thiazole rings is 1. The lowest BCUT2D eigenvalue weighted by Gasteiger charge is -2.01. The van der Waals surface area contributed by atoms with E-state index in [2.05, 4.69) is 79.2 Å². The summed E-state index contributed by atoms with van der Waals surface area (Å²) in [6, 6.07) is 13.1. The highest BCUT2D eigenvalue weighted by atomic mass is 32.1. The first kappa shape index (κ1) is 13.1. The highest BCUT2D eigenvalue weighted by Crippen LogP contribution is 2.28. The van der Waals surface area contributed by atoms with Gasteiger partial charge in [0.15, 0.2) is 0 Å². The number of hydrogen-bond acceptors (Lipinski definition) is 2. The molecule has 0 unspecified atom stereocenters. The summed E-state index contributed by atoms with van der Waals surface area (Å²) in [6.45, 7) is 3.20. The van der Waals surface area contributed by atoms with Crippen LogP contribution >= 0.6 is 11.3 Å². The van der Waals surface area contributed by atoms with E-state index in [0.717, 1.165) is 6.54 Å². The van der Waals surface area contributed by atoms with Gasteiger partial charge in [0.1, 0.15) is 11.2 Å². The lowest BCUT2D eigenvalue weighted by molar-refractivity contribution is -0.664. The smallest absolute Gasteiger partial charge is 0.264 e. The summed E-state index contributed by atoms with van der Waals surface area (Å²) in [6.07, 6.45) is 4.31. The third kappa shape index (κ3) is 2.18. The van der Waals surface area contributed by atoms with Crippen LogP contribution in [0.4, 0.5) is 0 Å². The van der Waals surface area contributed by atoms with Crippen molar-refractivity contribution in [2.75, 3.05) is 14.1 Å². The van der Waals surface area contributed by atoms with Crippen LogP contribution in [0.5, 0.6) is 0 Å². The van der Waals surface area contributed by atoms with Crippen molar-refractivity contribution in [3.05, 3.63) is 47.6 Å². The lowest BCUT2D eigenvalue weighted by Crippen LogP contribution is -2.33. The average molecular weight is 283 g/mol. The SMILES string of the molecule is CC[n+]1c(/C=C/N(C)C)sc2ccc3ccccc3c21. The summed E-state index contributed by atoms with van der Waals surface area (Å²) >= 11 is 1.85. The molecule has 0 saturated carbocycles. The largest absolute Gasteiger partial charge is 0.383 e. The van der Waals surface area contributed by atoms with E-state index in [1.165, 1.54) is 26.0 Å². The minimum absolute atomic E-state index is 0.987. The summed E-state index contributed by atoms with van der Waals surface area (Å²) in [5, 5.41) is 3.95. The minimum atomic E-state index is 0.987. The highest BCUT2D eigenvalue weighted by Gasteiger charge is 2.19. The van der Waals surface area contributed by atoms with Crippen molar-refractivity contribution >= 4 is 38.4 Å². The molecule has 0 radical (unpaired) electrons. The molecule has 3 aromatic rings. The summed E-state index contributed by atoms with van der Waals surface area (Å²) in [4.78, 5) is 2.07. The van der Waals surface area contributed by atoms with Crippen molar-refractivity contribution in [1.29, 1.82) is 0 Å². The van der Waals surface area contributed by atoms with Gasteiger partial charge in [-0.15, -0.1) is 0 Å². The van der Waals surface area contributed by atoms with Crippen LogP contribution in [0.1, 0.15) is 11.9 Å². The molecule has 3 rings (SSSR count). The molecule has 2 nitrogen and oxygen atoms in total. The molecule has 0 spiro atoms. The number of aromatic nitrogens is 1. The zero-order valence-electron chi connectivity index (χ0n) is 12.1. The fourth-order valence-corrected chi connectivity index (χ4v) is 3.66. The summed E-state index contributed by atoms with van der Waals surface area (Å²) in [5.41, 5.74) is 1.36. The molecule has 0 saturated heterocycles. The molecule has 3 heteroatoms. The van der Waals surface area contributed by atoms with Crippen molar-refractivity contribution in [2.45, 2.75) is 13.5 Å². The Hall–Kier alpha value is -1.87. The number of aryl methyl sites for hydroxylation is 1. The van der Waals surface area contributed by atoms with Gasteiger partial charge >= 0.3 is 0 Å². The molecule has 0 amide bonds. The molecular weight excluding hydrogens is 264 g/mol. The first-order chi connectivity index (χ1) is 9.70. The van der Waals surface area contributed by atoms with E-state index in [9.17, 15) is 0 Å². The molecule has 0 aliphatic rings. The van der Waals surface area contributed by atoms with Crippen LogP contribution in [0.15, 0.2) is 42.6 Å². The number of fused-ring (bicyclic) bond motifs is 3. The van der Waals surface area contributed by atoms with Crippen molar-refractivity contribution in [1.82, 2.24) is 4.90 Å². The van der Waals surface area contributed by atoms with Crippen LogP contribution in [0.2, 0.25) is 0 Å². The fourth-order valence-electron chi connectivity index (χ4n) is 2.52. The van der Waals surface area contributed by atoms with Gasteiger partial charge in [-0.1, -0.05) is 35.6 Å². The molecule has 1 heterocycles. The maximum absolute atomic E-state index is 2.41. The van der Waals surface area contributed by atoms with Crippen LogP contribution in [-0.2, 0) is 6.54 Å². The Labute approximate surface area is 123 Å². The van der Waals surface area contributed by atoms with Crippen LogP contribution in [-0.4, -0.2) is 19.0 Å². The maximum Gasteiger partial charge on any atom is 0.264 e. The molecule has 0 aliphatic carbocycles.